The molecule has 19 heavy (non-hydrogen) atoms. The van der Waals surface area contributed by atoms with E-state index in [0.29, 0.717) is 5.69 Å². The van der Waals surface area contributed by atoms with E-state index in [2.05, 4.69) is 16.8 Å². The molecule has 1 saturated heterocycles. The van der Waals surface area contributed by atoms with E-state index in [1.807, 2.05) is 18.2 Å². The van der Waals surface area contributed by atoms with E-state index in [1.54, 1.807) is 13.1 Å². The van der Waals surface area contributed by atoms with Crippen molar-refractivity contribution in [3.05, 3.63) is 29.6 Å². The van der Waals surface area contributed by atoms with Gasteiger partial charge in [0.05, 0.1) is 11.8 Å². The van der Waals surface area contributed by atoms with Crippen LogP contribution in [0.4, 0.5) is 0 Å². The maximum absolute atomic E-state index is 12.0. The van der Waals surface area contributed by atoms with Gasteiger partial charge < -0.3 is 4.90 Å². The molecule has 0 N–H and O–H groups in total. The molecule has 1 aliphatic rings. The lowest BCUT2D eigenvalue weighted by atomic mass is 10.0. The number of amides is 1. The monoisotopic (exact) mass is 258 g/mol. The first kappa shape index (κ1) is 13.5. The zero-order valence-corrected chi connectivity index (χ0v) is 11.3. The highest BCUT2D eigenvalue weighted by molar-refractivity contribution is 5.92. The minimum absolute atomic E-state index is 0.0778. The molecule has 5 nitrogen and oxygen atoms in total. The first-order valence-corrected chi connectivity index (χ1v) is 6.41. The van der Waals surface area contributed by atoms with Gasteiger partial charge in [0, 0.05) is 26.7 Å². The average Bonchev–Trinajstić information content (AvgIpc) is 2.37. The van der Waals surface area contributed by atoms with Crippen molar-refractivity contribution < 1.29 is 4.79 Å². The molecule has 0 bridgehead atoms. The number of aromatic nitrogens is 1. The van der Waals surface area contributed by atoms with Crippen LogP contribution in [0.15, 0.2) is 18.2 Å². The smallest absolute Gasteiger partial charge is 0.273 e. The molecule has 1 amide bonds. The second-order valence-electron chi connectivity index (χ2n) is 5.13. The van der Waals surface area contributed by atoms with E-state index in [4.69, 9.17) is 5.26 Å². The molecule has 1 fully saturated rings. The van der Waals surface area contributed by atoms with Crippen LogP contribution in [0.1, 0.15) is 23.1 Å². The zero-order valence-electron chi connectivity index (χ0n) is 11.3. The molecule has 2 rings (SSSR count). The van der Waals surface area contributed by atoms with Gasteiger partial charge in [-0.15, -0.1) is 0 Å². The molecular weight excluding hydrogens is 240 g/mol. The fourth-order valence-corrected chi connectivity index (χ4v) is 2.25. The van der Waals surface area contributed by atoms with Gasteiger partial charge in [-0.2, -0.15) is 5.26 Å². The van der Waals surface area contributed by atoms with E-state index in [9.17, 15) is 4.79 Å². The number of pyridine rings is 1. The number of rotatable bonds is 4. The second-order valence-corrected chi connectivity index (χ2v) is 5.13. The Morgan fingerprint density at radius 1 is 1.58 bits per heavy atom. The lowest BCUT2D eigenvalue weighted by Crippen LogP contribution is -2.44. The molecule has 0 radical (unpaired) electrons. The Morgan fingerprint density at radius 2 is 2.32 bits per heavy atom. The van der Waals surface area contributed by atoms with Gasteiger partial charge in [-0.3, -0.25) is 9.69 Å². The Labute approximate surface area is 113 Å². The first-order valence-electron chi connectivity index (χ1n) is 6.41. The Morgan fingerprint density at radius 3 is 2.95 bits per heavy atom. The van der Waals surface area contributed by atoms with Crippen LogP contribution in [-0.4, -0.2) is 47.4 Å². The Hall–Kier alpha value is -1.93. The first-order chi connectivity index (χ1) is 9.10. The zero-order chi connectivity index (χ0) is 13.8. The molecule has 0 aromatic carbocycles. The van der Waals surface area contributed by atoms with E-state index in [1.165, 1.54) is 4.90 Å². The van der Waals surface area contributed by atoms with Crippen molar-refractivity contribution >= 4 is 5.91 Å². The van der Waals surface area contributed by atoms with Gasteiger partial charge in [0.1, 0.15) is 12.2 Å². The van der Waals surface area contributed by atoms with Gasteiger partial charge >= 0.3 is 0 Å². The number of carbonyl (C=O) groups is 1. The third-order valence-corrected chi connectivity index (χ3v) is 3.21. The number of nitrogens with zero attached hydrogens (tertiary/aromatic N) is 4. The van der Waals surface area contributed by atoms with Gasteiger partial charge in [-0.05, 0) is 18.1 Å². The van der Waals surface area contributed by atoms with Crippen molar-refractivity contribution in [2.75, 3.05) is 26.7 Å². The van der Waals surface area contributed by atoms with Gasteiger partial charge in [-0.1, -0.05) is 13.0 Å². The molecule has 1 aliphatic heterocycles. The number of carbonyl (C=O) groups excluding carboxylic acids is 1. The second kappa shape index (κ2) is 5.81. The van der Waals surface area contributed by atoms with Crippen LogP contribution < -0.4 is 0 Å². The number of hydrogen-bond donors (Lipinski definition) is 0. The normalized spacial score (nSPS) is 15.6. The van der Waals surface area contributed by atoms with Crippen molar-refractivity contribution in [3.63, 3.8) is 0 Å². The Bertz CT molecular complexity index is 502. The van der Waals surface area contributed by atoms with Gasteiger partial charge in [-0.25, -0.2) is 4.98 Å². The van der Waals surface area contributed by atoms with Crippen LogP contribution in [0.25, 0.3) is 0 Å². The largest absolute Gasteiger partial charge is 0.327 e. The summed E-state index contributed by atoms with van der Waals surface area (Å²) in [5, 5.41) is 8.60. The average molecular weight is 258 g/mol. The fraction of sp³-hybridized carbons (Fsp3) is 0.500. The molecule has 2 heterocycles. The maximum Gasteiger partial charge on any atom is 0.273 e. The molecule has 0 unspecified atom stereocenters. The highest BCUT2D eigenvalue weighted by atomic mass is 16.2. The SMILES string of the molecule is CC1CN(Cc2cccc(C(=O)N(C)CC#N)n2)C1. The summed E-state index contributed by atoms with van der Waals surface area (Å²) in [5.41, 5.74) is 1.31. The topological polar surface area (TPSA) is 60.2 Å². The molecule has 0 aliphatic carbocycles. The Kier molecular flexibility index (Phi) is 4.13. The van der Waals surface area contributed by atoms with E-state index in [-0.39, 0.29) is 12.5 Å². The molecule has 0 saturated carbocycles. The molecule has 5 heteroatoms. The highest BCUT2D eigenvalue weighted by Crippen LogP contribution is 2.17. The quantitative estimate of drug-likeness (QED) is 0.760. The molecule has 100 valence electrons. The van der Waals surface area contributed by atoms with E-state index in [0.717, 1.165) is 31.2 Å². The summed E-state index contributed by atoms with van der Waals surface area (Å²) in [4.78, 5) is 20.1. The standard InChI is InChI=1S/C14H18N4O/c1-11-8-18(9-11)10-12-4-3-5-13(16-12)14(19)17(2)7-6-15/h3-5,11H,7-10H2,1-2H3. The van der Waals surface area contributed by atoms with Crippen LogP contribution >= 0.6 is 0 Å². The predicted octanol–water partition coefficient (Wildman–Crippen LogP) is 1.13. The number of hydrogen-bond acceptors (Lipinski definition) is 4. The molecular formula is C14H18N4O. The Balaban J connectivity index is 2.02. The molecule has 1 aromatic rings. The summed E-state index contributed by atoms with van der Waals surface area (Å²) in [7, 11) is 1.61. The number of nitriles is 1. The summed E-state index contributed by atoms with van der Waals surface area (Å²) in [5.74, 6) is 0.548. The molecule has 0 atom stereocenters. The minimum Gasteiger partial charge on any atom is -0.327 e. The molecule has 1 aromatic heterocycles. The van der Waals surface area contributed by atoms with Crippen molar-refractivity contribution in [2.45, 2.75) is 13.5 Å². The lowest BCUT2D eigenvalue weighted by Gasteiger charge is -2.36. The third kappa shape index (κ3) is 3.30. The summed E-state index contributed by atoms with van der Waals surface area (Å²) < 4.78 is 0. The van der Waals surface area contributed by atoms with Crippen LogP contribution in [0.5, 0.6) is 0 Å². The molecule has 0 spiro atoms. The van der Waals surface area contributed by atoms with Crippen molar-refractivity contribution in [2.24, 2.45) is 5.92 Å². The third-order valence-electron chi connectivity index (χ3n) is 3.21. The van der Waals surface area contributed by atoms with Crippen molar-refractivity contribution in [1.29, 1.82) is 5.26 Å². The lowest BCUT2D eigenvalue weighted by molar-refractivity contribution is 0.0803. The summed E-state index contributed by atoms with van der Waals surface area (Å²) in [6, 6.07) is 7.43. The van der Waals surface area contributed by atoms with Crippen LogP contribution in [0.2, 0.25) is 0 Å². The summed E-state index contributed by atoms with van der Waals surface area (Å²) in [6.45, 7) is 5.27. The van der Waals surface area contributed by atoms with Gasteiger partial charge in [0.25, 0.3) is 5.91 Å². The maximum atomic E-state index is 12.0. The minimum atomic E-state index is -0.208. The van der Waals surface area contributed by atoms with Crippen LogP contribution in [0, 0.1) is 17.2 Å². The van der Waals surface area contributed by atoms with Crippen LogP contribution in [-0.2, 0) is 6.54 Å². The summed E-state index contributed by atoms with van der Waals surface area (Å²) in [6.07, 6.45) is 0. The van der Waals surface area contributed by atoms with Gasteiger partial charge in [0.15, 0.2) is 0 Å². The predicted molar refractivity (Wildman–Crippen MR) is 71.3 cm³/mol. The number of likely N-dealkylation sites (tertiary alicyclic amines) is 1. The van der Waals surface area contributed by atoms with Crippen molar-refractivity contribution in [1.82, 2.24) is 14.8 Å². The summed E-state index contributed by atoms with van der Waals surface area (Å²) >= 11 is 0. The highest BCUT2D eigenvalue weighted by Gasteiger charge is 2.23. The van der Waals surface area contributed by atoms with Crippen molar-refractivity contribution in [3.8, 4) is 6.07 Å². The van der Waals surface area contributed by atoms with E-state index >= 15 is 0 Å². The van der Waals surface area contributed by atoms with Crippen LogP contribution in [0.3, 0.4) is 0 Å². The van der Waals surface area contributed by atoms with Gasteiger partial charge in [0.2, 0.25) is 0 Å². The van der Waals surface area contributed by atoms with E-state index < -0.39 is 0 Å². The fourth-order valence-electron chi connectivity index (χ4n) is 2.25.